The molecule has 1 aliphatic heterocycles. The van der Waals surface area contributed by atoms with Gasteiger partial charge >= 0.3 is 6.09 Å². The Morgan fingerprint density at radius 1 is 1.35 bits per heavy atom. The van der Waals surface area contributed by atoms with Crippen LogP contribution in [0.3, 0.4) is 0 Å². The highest BCUT2D eigenvalue weighted by Gasteiger charge is 2.48. The number of carbonyl (C=O) groups is 1. The van der Waals surface area contributed by atoms with Gasteiger partial charge in [0.1, 0.15) is 11.2 Å². The summed E-state index contributed by atoms with van der Waals surface area (Å²) in [6.45, 7) is 5.75. The summed E-state index contributed by atoms with van der Waals surface area (Å²) in [5.74, 6) is 0. The van der Waals surface area contributed by atoms with Crippen molar-refractivity contribution < 1.29 is 23.4 Å². The van der Waals surface area contributed by atoms with Crippen molar-refractivity contribution in [3.8, 4) is 0 Å². The number of alkyl halides is 1. The Morgan fingerprint density at radius 2 is 2.00 bits per heavy atom. The van der Waals surface area contributed by atoms with Gasteiger partial charge in [0.25, 0.3) is 0 Å². The lowest BCUT2D eigenvalue weighted by atomic mass is 9.95. The van der Waals surface area contributed by atoms with Crippen molar-refractivity contribution in [1.82, 2.24) is 5.32 Å². The van der Waals surface area contributed by atoms with Gasteiger partial charge in [0.2, 0.25) is 0 Å². The quantitative estimate of drug-likeness (QED) is 0.874. The number of rotatable bonds is 6. The zero-order chi connectivity index (χ0) is 16.9. The van der Waals surface area contributed by atoms with Gasteiger partial charge in [0.05, 0.1) is 26.4 Å². The third kappa shape index (κ3) is 5.18. The normalized spacial score (nSPS) is 17.9. The molecule has 1 amide bonds. The second-order valence-corrected chi connectivity index (χ2v) is 6.68. The molecule has 0 aliphatic carbocycles. The minimum absolute atomic E-state index is 0.174. The molecule has 0 spiro atoms. The number of nitrogens with one attached hydrogen (secondary N) is 1. The number of carbonyl (C=O) groups excluding carboxylic acids is 1. The van der Waals surface area contributed by atoms with Gasteiger partial charge in [-0.15, -0.1) is 0 Å². The van der Waals surface area contributed by atoms with E-state index in [1.54, 1.807) is 20.8 Å². The monoisotopic (exact) mass is 325 g/mol. The molecule has 0 saturated carbocycles. The molecule has 1 aliphatic rings. The molecule has 1 aromatic rings. The van der Waals surface area contributed by atoms with Crippen molar-refractivity contribution in [2.24, 2.45) is 0 Å². The van der Waals surface area contributed by atoms with Gasteiger partial charge in [0, 0.05) is 0 Å². The minimum atomic E-state index is -1.37. The Hall–Kier alpha value is -1.66. The van der Waals surface area contributed by atoms with Crippen LogP contribution in [0.4, 0.5) is 9.18 Å². The summed E-state index contributed by atoms with van der Waals surface area (Å²) in [7, 11) is 0. The third-order valence-electron chi connectivity index (χ3n) is 3.46. The average molecular weight is 325 g/mol. The van der Waals surface area contributed by atoms with E-state index in [9.17, 15) is 9.18 Å². The van der Waals surface area contributed by atoms with E-state index in [1.165, 1.54) is 0 Å². The maximum atomic E-state index is 14.5. The molecular weight excluding hydrogens is 301 g/mol. The lowest BCUT2D eigenvalue weighted by Gasteiger charge is -2.43. The van der Waals surface area contributed by atoms with E-state index < -0.39 is 23.5 Å². The Bertz CT molecular complexity index is 511. The molecule has 1 heterocycles. The lowest BCUT2D eigenvalue weighted by molar-refractivity contribution is -0.242. The molecule has 1 N–H and O–H groups in total. The van der Waals surface area contributed by atoms with Crippen molar-refractivity contribution >= 4 is 6.09 Å². The minimum Gasteiger partial charge on any atom is -0.444 e. The van der Waals surface area contributed by atoms with Gasteiger partial charge in [-0.25, -0.2) is 9.18 Å². The van der Waals surface area contributed by atoms with E-state index in [0.717, 1.165) is 5.56 Å². The van der Waals surface area contributed by atoms with Crippen molar-refractivity contribution in [3.05, 3.63) is 35.9 Å². The number of hydrogen-bond donors (Lipinski definition) is 1. The van der Waals surface area contributed by atoms with E-state index >= 15 is 0 Å². The fourth-order valence-electron chi connectivity index (χ4n) is 2.13. The first-order valence-corrected chi connectivity index (χ1v) is 7.67. The molecule has 1 saturated heterocycles. The second kappa shape index (κ2) is 7.27. The predicted molar refractivity (Wildman–Crippen MR) is 83.9 cm³/mol. The summed E-state index contributed by atoms with van der Waals surface area (Å²) in [5, 5.41) is 2.44. The molecule has 0 bridgehead atoms. The second-order valence-electron chi connectivity index (χ2n) is 6.68. The summed E-state index contributed by atoms with van der Waals surface area (Å²) in [6, 6.07) is 9.55. The number of halogens is 1. The van der Waals surface area contributed by atoms with E-state index in [2.05, 4.69) is 5.32 Å². The molecule has 1 aromatic carbocycles. The highest BCUT2D eigenvalue weighted by Crippen LogP contribution is 2.29. The lowest BCUT2D eigenvalue weighted by Crippen LogP contribution is -2.61. The predicted octanol–water partition coefficient (Wildman–Crippen LogP) is 2.84. The topological polar surface area (TPSA) is 56.8 Å². The molecule has 0 aromatic heterocycles. The highest BCUT2D eigenvalue weighted by molar-refractivity contribution is 5.67. The smallest absolute Gasteiger partial charge is 0.407 e. The molecule has 128 valence electrons. The van der Waals surface area contributed by atoms with Crippen molar-refractivity contribution in [2.75, 3.05) is 19.8 Å². The van der Waals surface area contributed by atoms with Crippen LogP contribution < -0.4 is 5.32 Å². The number of ether oxygens (including phenoxy) is 3. The summed E-state index contributed by atoms with van der Waals surface area (Å²) in [4.78, 5) is 11.6. The van der Waals surface area contributed by atoms with Crippen molar-refractivity contribution in [2.45, 2.75) is 44.8 Å². The van der Waals surface area contributed by atoms with Crippen LogP contribution >= 0.6 is 0 Å². The van der Waals surface area contributed by atoms with Gasteiger partial charge in [-0.3, -0.25) is 0 Å². The first kappa shape index (κ1) is 17.7. The first-order valence-electron chi connectivity index (χ1n) is 7.67. The largest absolute Gasteiger partial charge is 0.444 e. The number of hydrogen-bond acceptors (Lipinski definition) is 4. The molecule has 1 fully saturated rings. The molecule has 6 heteroatoms. The molecule has 1 unspecified atom stereocenters. The van der Waals surface area contributed by atoms with Gasteiger partial charge in [-0.2, -0.15) is 0 Å². The van der Waals surface area contributed by atoms with E-state index in [1.807, 2.05) is 30.3 Å². The highest BCUT2D eigenvalue weighted by atomic mass is 19.1. The molecular formula is C17H24FNO4. The molecule has 5 nitrogen and oxygen atoms in total. The van der Waals surface area contributed by atoms with E-state index in [0.29, 0.717) is 6.61 Å². The number of amides is 1. The number of benzene rings is 1. The summed E-state index contributed by atoms with van der Waals surface area (Å²) in [6.07, 6.45) is -2.01. The van der Waals surface area contributed by atoms with E-state index in [-0.39, 0.29) is 19.8 Å². The first-order chi connectivity index (χ1) is 10.8. The molecule has 23 heavy (non-hydrogen) atoms. The number of alkyl carbamates (subject to hydrolysis) is 1. The van der Waals surface area contributed by atoms with Crippen molar-refractivity contribution in [3.63, 3.8) is 0 Å². The summed E-state index contributed by atoms with van der Waals surface area (Å²) in [5.41, 5.74) is -0.659. The third-order valence-corrected chi connectivity index (χ3v) is 3.46. The summed E-state index contributed by atoms with van der Waals surface area (Å²) < 4.78 is 30.5. The Kier molecular flexibility index (Phi) is 5.59. The van der Waals surface area contributed by atoms with Crippen molar-refractivity contribution in [1.29, 1.82) is 0 Å². The average Bonchev–Trinajstić information content (AvgIpc) is 2.43. The van der Waals surface area contributed by atoms with Crippen LogP contribution in [0.1, 0.15) is 26.3 Å². The molecule has 1 atom stereocenters. The molecule has 0 radical (unpaired) electrons. The van der Waals surface area contributed by atoms with Gasteiger partial charge in [0.15, 0.2) is 6.17 Å². The van der Waals surface area contributed by atoms with Crippen LogP contribution in [0.25, 0.3) is 0 Å². The Balaban J connectivity index is 1.83. The SMILES string of the molecule is CC(C)(C)OC(=O)NCC(F)C1(OCc2ccccc2)COC1. The maximum absolute atomic E-state index is 14.5. The van der Waals surface area contributed by atoms with Crippen LogP contribution in [0.5, 0.6) is 0 Å². The van der Waals surface area contributed by atoms with Gasteiger partial charge in [-0.1, -0.05) is 30.3 Å². The zero-order valence-electron chi connectivity index (χ0n) is 13.8. The molecule has 2 rings (SSSR count). The van der Waals surface area contributed by atoms with Crippen LogP contribution in [0.15, 0.2) is 30.3 Å². The van der Waals surface area contributed by atoms with E-state index in [4.69, 9.17) is 14.2 Å². The Labute approximate surface area is 136 Å². The summed E-state index contributed by atoms with van der Waals surface area (Å²) >= 11 is 0. The van der Waals surface area contributed by atoms with Crippen LogP contribution in [0.2, 0.25) is 0 Å². The van der Waals surface area contributed by atoms with Gasteiger partial charge < -0.3 is 19.5 Å². The standard InChI is InChI=1S/C17H24FNO4/c1-16(2,3)23-15(20)19-9-14(18)17(11-21-12-17)22-10-13-7-5-4-6-8-13/h4-8,14H,9-12H2,1-3H3,(H,19,20). The zero-order valence-corrected chi connectivity index (χ0v) is 13.8. The maximum Gasteiger partial charge on any atom is 0.407 e. The van der Waals surface area contributed by atoms with Gasteiger partial charge in [-0.05, 0) is 26.3 Å². The fraction of sp³-hybridized carbons (Fsp3) is 0.588. The van der Waals surface area contributed by atoms with Crippen LogP contribution in [-0.4, -0.2) is 43.2 Å². The van der Waals surface area contributed by atoms with Crippen LogP contribution in [0, 0.1) is 0 Å². The van der Waals surface area contributed by atoms with Crippen LogP contribution in [-0.2, 0) is 20.8 Å². The Morgan fingerprint density at radius 3 is 2.52 bits per heavy atom. The fourth-order valence-corrected chi connectivity index (χ4v) is 2.13.